The molecule has 0 radical (unpaired) electrons. The molecule has 1 fully saturated rings. The first-order chi connectivity index (χ1) is 13.1. The van der Waals surface area contributed by atoms with E-state index in [-0.39, 0.29) is 17.2 Å². The van der Waals surface area contributed by atoms with Gasteiger partial charge >= 0.3 is 0 Å². The van der Waals surface area contributed by atoms with E-state index >= 15 is 0 Å². The van der Waals surface area contributed by atoms with Crippen LogP contribution in [0, 0.1) is 6.92 Å². The van der Waals surface area contributed by atoms with Gasteiger partial charge in [-0.3, -0.25) is 4.79 Å². The fourth-order valence-electron chi connectivity index (χ4n) is 3.57. The zero-order valence-electron chi connectivity index (χ0n) is 15.3. The summed E-state index contributed by atoms with van der Waals surface area (Å²) in [4.78, 5) is 15.3. The van der Waals surface area contributed by atoms with Crippen molar-refractivity contribution in [2.45, 2.75) is 42.6 Å². The molecular weight excluding hydrogens is 386 g/mol. The van der Waals surface area contributed by atoms with Crippen LogP contribution >= 0.6 is 23.4 Å². The van der Waals surface area contributed by atoms with Gasteiger partial charge < -0.3 is 15.1 Å². The van der Waals surface area contributed by atoms with Crippen molar-refractivity contribution in [3.05, 3.63) is 34.6 Å². The second kappa shape index (κ2) is 7.59. The van der Waals surface area contributed by atoms with Crippen LogP contribution in [0.25, 0.3) is 0 Å². The second-order valence-electron chi connectivity index (χ2n) is 6.79. The van der Waals surface area contributed by atoms with Crippen LogP contribution in [-0.4, -0.2) is 51.1 Å². The maximum atomic E-state index is 13.3. The Hall–Kier alpha value is -1.93. The van der Waals surface area contributed by atoms with Crippen molar-refractivity contribution in [3.63, 3.8) is 0 Å². The maximum absolute atomic E-state index is 13.3. The number of aromatic nitrogens is 3. The molecule has 7 nitrogen and oxygen atoms in total. The molecule has 1 aromatic carbocycles. The number of methoxy groups -OCH3 is 1. The number of carbonyl (C=O) groups excluding carboxylic acids is 1. The predicted octanol–water partition coefficient (Wildman–Crippen LogP) is 3.02. The molecule has 1 saturated heterocycles. The molecule has 0 spiro atoms. The van der Waals surface area contributed by atoms with E-state index in [2.05, 4.69) is 15.6 Å². The number of rotatable bonds is 3. The van der Waals surface area contributed by atoms with Gasteiger partial charge in [0.25, 0.3) is 0 Å². The number of thioether (sulfide) groups is 1. The third kappa shape index (κ3) is 3.48. The summed E-state index contributed by atoms with van der Waals surface area (Å²) in [6.45, 7) is 3.52. The number of fused-ring (bicyclic) bond motifs is 1. The molecule has 1 aromatic heterocycles. The summed E-state index contributed by atoms with van der Waals surface area (Å²) < 4.78 is 7.10. The van der Waals surface area contributed by atoms with E-state index < -0.39 is 0 Å². The highest BCUT2D eigenvalue weighted by molar-refractivity contribution is 8.00. The Balaban J connectivity index is 1.69. The number of likely N-dealkylation sites (tertiary alicyclic amines) is 1. The number of nitrogens with zero attached hydrogens (tertiary/aromatic N) is 4. The summed E-state index contributed by atoms with van der Waals surface area (Å²) in [6.07, 6.45) is 3.31. The van der Waals surface area contributed by atoms with Gasteiger partial charge in [0.2, 0.25) is 11.1 Å². The minimum Gasteiger partial charge on any atom is -0.495 e. The standard InChI is InChI=1S/C18H22ClN5O2S/c1-11-20-21-18-24(11)22-15(12-6-7-14(26-2)13(19)10-12)16(27-18)17(25)23-8-4-3-5-9-23/h6-7,10,15-16,22H,3-5,8-9H2,1-2H3/t15-,16-/m1/s1. The molecule has 4 rings (SSSR count). The van der Waals surface area contributed by atoms with Crippen LogP contribution in [-0.2, 0) is 4.79 Å². The topological polar surface area (TPSA) is 72.3 Å². The molecule has 1 N–H and O–H groups in total. The van der Waals surface area contributed by atoms with Gasteiger partial charge in [-0.2, -0.15) is 0 Å². The van der Waals surface area contributed by atoms with E-state index in [9.17, 15) is 4.79 Å². The Morgan fingerprint density at radius 1 is 1.30 bits per heavy atom. The monoisotopic (exact) mass is 407 g/mol. The Labute approximate surface area is 167 Å². The van der Waals surface area contributed by atoms with Crippen molar-refractivity contribution in [2.24, 2.45) is 0 Å². The summed E-state index contributed by atoms with van der Waals surface area (Å²) in [5, 5.41) is 9.24. The first kappa shape index (κ1) is 18.4. The van der Waals surface area contributed by atoms with E-state index in [1.807, 2.05) is 34.7 Å². The largest absolute Gasteiger partial charge is 0.495 e. The molecule has 2 atom stereocenters. The zero-order chi connectivity index (χ0) is 19.0. The molecule has 0 aliphatic carbocycles. The number of halogens is 1. The van der Waals surface area contributed by atoms with Crippen LogP contribution in [0.2, 0.25) is 5.02 Å². The van der Waals surface area contributed by atoms with Gasteiger partial charge in [0.1, 0.15) is 16.8 Å². The number of aryl methyl sites for hydroxylation is 1. The molecule has 0 bridgehead atoms. The lowest BCUT2D eigenvalue weighted by Gasteiger charge is -2.37. The van der Waals surface area contributed by atoms with Crippen LogP contribution in [0.15, 0.2) is 23.4 Å². The van der Waals surface area contributed by atoms with E-state index in [1.54, 1.807) is 7.11 Å². The molecule has 144 valence electrons. The van der Waals surface area contributed by atoms with Crippen LogP contribution in [0.3, 0.4) is 0 Å². The van der Waals surface area contributed by atoms with Gasteiger partial charge in [-0.1, -0.05) is 29.4 Å². The molecule has 9 heteroatoms. The molecular formula is C18H22ClN5O2S. The van der Waals surface area contributed by atoms with Gasteiger partial charge in [-0.15, -0.1) is 10.2 Å². The third-order valence-electron chi connectivity index (χ3n) is 5.04. The Morgan fingerprint density at radius 2 is 2.07 bits per heavy atom. The average molecular weight is 408 g/mol. The van der Waals surface area contributed by atoms with Crippen LogP contribution in [0.4, 0.5) is 0 Å². The van der Waals surface area contributed by atoms with Crippen molar-refractivity contribution in [3.8, 4) is 5.75 Å². The number of carbonyl (C=O) groups is 1. The van der Waals surface area contributed by atoms with Crippen LogP contribution < -0.4 is 10.2 Å². The highest BCUT2D eigenvalue weighted by Crippen LogP contribution is 2.39. The molecule has 2 aliphatic heterocycles. The van der Waals surface area contributed by atoms with Gasteiger partial charge in [-0.25, -0.2) is 4.68 Å². The lowest BCUT2D eigenvalue weighted by Crippen LogP contribution is -2.47. The lowest BCUT2D eigenvalue weighted by molar-refractivity contribution is -0.131. The number of hydrogen-bond acceptors (Lipinski definition) is 6. The smallest absolute Gasteiger partial charge is 0.238 e. The quantitative estimate of drug-likeness (QED) is 0.843. The number of hydrogen-bond donors (Lipinski definition) is 1. The SMILES string of the molecule is COc1ccc([C@H]2Nn3c(C)nnc3S[C@H]2C(=O)N2CCCCC2)cc1Cl. The molecule has 1 amide bonds. The van der Waals surface area contributed by atoms with Gasteiger partial charge in [0, 0.05) is 13.1 Å². The number of amides is 1. The number of ether oxygens (including phenoxy) is 1. The molecule has 2 aromatic rings. The van der Waals surface area contributed by atoms with Crippen LogP contribution in [0.1, 0.15) is 36.7 Å². The zero-order valence-corrected chi connectivity index (χ0v) is 16.9. The van der Waals surface area contributed by atoms with Crippen molar-refractivity contribution < 1.29 is 9.53 Å². The van der Waals surface area contributed by atoms with Crippen LogP contribution in [0.5, 0.6) is 5.75 Å². The Bertz CT molecular complexity index is 852. The van der Waals surface area contributed by atoms with Crippen molar-refractivity contribution in [1.82, 2.24) is 19.8 Å². The molecule has 2 aliphatic rings. The highest BCUT2D eigenvalue weighted by Gasteiger charge is 2.39. The summed E-state index contributed by atoms with van der Waals surface area (Å²) in [6, 6.07) is 5.40. The second-order valence-corrected chi connectivity index (χ2v) is 8.31. The van der Waals surface area contributed by atoms with E-state index in [0.29, 0.717) is 15.9 Å². The minimum atomic E-state index is -0.330. The number of piperidine rings is 1. The normalized spacial score (nSPS) is 22.1. The Kier molecular flexibility index (Phi) is 5.19. The van der Waals surface area contributed by atoms with Gasteiger partial charge in [-0.05, 0) is 43.9 Å². The molecule has 0 unspecified atom stereocenters. The molecule has 3 heterocycles. The van der Waals surface area contributed by atoms with Crippen molar-refractivity contribution >= 4 is 29.3 Å². The fraction of sp³-hybridized carbons (Fsp3) is 0.500. The summed E-state index contributed by atoms with van der Waals surface area (Å²) in [5.74, 6) is 1.51. The van der Waals surface area contributed by atoms with Gasteiger partial charge in [0.05, 0.1) is 18.2 Å². The highest BCUT2D eigenvalue weighted by atomic mass is 35.5. The Morgan fingerprint density at radius 3 is 2.78 bits per heavy atom. The molecule has 27 heavy (non-hydrogen) atoms. The lowest BCUT2D eigenvalue weighted by atomic mass is 10.0. The number of nitrogens with one attached hydrogen (secondary N) is 1. The predicted molar refractivity (Wildman–Crippen MR) is 105 cm³/mol. The summed E-state index contributed by atoms with van der Waals surface area (Å²) >= 11 is 7.81. The van der Waals surface area contributed by atoms with E-state index in [0.717, 1.165) is 37.3 Å². The average Bonchev–Trinajstić information content (AvgIpc) is 3.07. The summed E-state index contributed by atoms with van der Waals surface area (Å²) in [7, 11) is 1.59. The minimum absolute atomic E-state index is 0.135. The maximum Gasteiger partial charge on any atom is 0.238 e. The van der Waals surface area contributed by atoms with E-state index in [1.165, 1.54) is 18.2 Å². The molecule has 0 saturated carbocycles. The third-order valence-corrected chi connectivity index (χ3v) is 6.54. The number of benzene rings is 1. The first-order valence-corrected chi connectivity index (χ1v) is 10.3. The first-order valence-electron chi connectivity index (χ1n) is 9.06. The summed E-state index contributed by atoms with van der Waals surface area (Å²) in [5.41, 5.74) is 4.35. The van der Waals surface area contributed by atoms with Gasteiger partial charge in [0.15, 0.2) is 0 Å². The van der Waals surface area contributed by atoms with Crippen molar-refractivity contribution in [2.75, 3.05) is 25.6 Å². The fourth-order valence-corrected chi connectivity index (χ4v) is 5.04. The van der Waals surface area contributed by atoms with Crippen molar-refractivity contribution in [1.29, 1.82) is 0 Å². The van der Waals surface area contributed by atoms with E-state index in [4.69, 9.17) is 16.3 Å².